The number of Topliss-reactive ketones (excluding diaryl/α,β-unsaturated/α-hetero) is 1. The first kappa shape index (κ1) is 22.1. The van der Waals surface area contributed by atoms with E-state index in [0.29, 0.717) is 22.1 Å². The molecule has 1 saturated heterocycles. The molecule has 30 heavy (non-hydrogen) atoms. The lowest BCUT2D eigenvalue weighted by Crippen LogP contribution is -2.41. The van der Waals surface area contributed by atoms with Crippen molar-refractivity contribution in [2.75, 3.05) is 6.54 Å². The number of urea groups is 1. The Hall–Kier alpha value is -2.60. The van der Waals surface area contributed by atoms with Crippen LogP contribution in [0, 0.1) is 19.8 Å². The maximum absolute atomic E-state index is 13.1. The molecule has 1 unspecified atom stereocenters. The molecule has 160 valence electrons. The Bertz CT molecular complexity index is 1010. The maximum atomic E-state index is 13.1. The topological polar surface area (TPSA) is 71.4 Å². The molecule has 3 amide bonds. The van der Waals surface area contributed by atoms with E-state index in [1.54, 1.807) is 31.2 Å². The number of imide groups is 1. The van der Waals surface area contributed by atoms with Crippen LogP contribution in [0.1, 0.15) is 54.5 Å². The van der Waals surface area contributed by atoms with Crippen LogP contribution in [0.4, 0.5) is 4.79 Å². The average Bonchev–Trinajstić information content (AvgIpc) is 3.08. The number of halogens is 1. The van der Waals surface area contributed by atoms with Gasteiger partial charge in [-0.15, -0.1) is 0 Å². The molecule has 1 aromatic heterocycles. The molecule has 1 atom stereocenters. The van der Waals surface area contributed by atoms with Gasteiger partial charge in [-0.2, -0.15) is 0 Å². The Kier molecular flexibility index (Phi) is 6.09. The molecule has 7 heteroatoms. The van der Waals surface area contributed by atoms with E-state index < -0.39 is 17.5 Å². The van der Waals surface area contributed by atoms with Gasteiger partial charge in [0.15, 0.2) is 5.78 Å². The normalized spacial score (nSPS) is 19.0. The molecule has 6 nitrogen and oxygen atoms in total. The van der Waals surface area contributed by atoms with Crippen LogP contribution in [0.5, 0.6) is 0 Å². The van der Waals surface area contributed by atoms with Crippen LogP contribution in [0.25, 0.3) is 0 Å². The lowest BCUT2D eigenvalue weighted by atomic mass is 9.92. The summed E-state index contributed by atoms with van der Waals surface area (Å²) in [6.45, 7) is 10.4. The van der Waals surface area contributed by atoms with E-state index in [1.807, 2.05) is 19.9 Å². The Labute approximate surface area is 182 Å². The minimum absolute atomic E-state index is 0.252. The van der Waals surface area contributed by atoms with E-state index in [-0.39, 0.29) is 12.3 Å². The summed E-state index contributed by atoms with van der Waals surface area (Å²) >= 11 is 6.06. The summed E-state index contributed by atoms with van der Waals surface area (Å²) in [6, 6.07) is 8.07. The maximum Gasteiger partial charge on any atom is 0.325 e. The fourth-order valence-electron chi connectivity index (χ4n) is 3.88. The van der Waals surface area contributed by atoms with Crippen molar-refractivity contribution in [3.63, 3.8) is 0 Å². The van der Waals surface area contributed by atoms with Gasteiger partial charge >= 0.3 is 6.03 Å². The van der Waals surface area contributed by atoms with E-state index >= 15 is 0 Å². The predicted octanol–water partition coefficient (Wildman–Crippen LogP) is 4.45. The summed E-state index contributed by atoms with van der Waals surface area (Å²) in [5.41, 5.74) is 1.74. The third-order valence-corrected chi connectivity index (χ3v) is 6.02. The number of carbonyl (C=O) groups excluding carboxylic acids is 3. The first-order valence-electron chi connectivity index (χ1n) is 10.1. The number of aromatic nitrogens is 1. The number of benzene rings is 1. The number of ketones is 1. The summed E-state index contributed by atoms with van der Waals surface area (Å²) in [5, 5.41) is 3.19. The zero-order valence-corrected chi connectivity index (χ0v) is 18.8. The number of hydrogen-bond acceptors (Lipinski definition) is 3. The van der Waals surface area contributed by atoms with Crippen LogP contribution < -0.4 is 5.32 Å². The second-order valence-electron chi connectivity index (χ2n) is 8.50. The highest BCUT2D eigenvalue weighted by molar-refractivity contribution is 6.30. The minimum Gasteiger partial charge on any atom is -0.348 e. The fourth-order valence-corrected chi connectivity index (χ4v) is 4.07. The molecule has 0 aliphatic carbocycles. The second kappa shape index (κ2) is 8.26. The van der Waals surface area contributed by atoms with Gasteiger partial charge in [0.25, 0.3) is 5.91 Å². The standard InChI is InChI=1S/C23H28ClN3O3/c1-14(2)9-10-26-15(3)11-19(16(26)4)20(28)13-27-21(29)23(5,25-22(27)30)17-7-6-8-18(24)12-17/h6-8,11-12,14H,9-10,13H2,1-5H3,(H,25,30). The average molecular weight is 430 g/mol. The van der Waals surface area contributed by atoms with Crippen LogP contribution in [0.2, 0.25) is 5.02 Å². The molecule has 1 aromatic carbocycles. The summed E-state index contributed by atoms with van der Waals surface area (Å²) in [7, 11) is 0. The van der Waals surface area contributed by atoms with Crippen molar-refractivity contribution in [1.82, 2.24) is 14.8 Å². The third-order valence-electron chi connectivity index (χ3n) is 5.78. The van der Waals surface area contributed by atoms with Crippen molar-refractivity contribution in [2.24, 2.45) is 5.92 Å². The van der Waals surface area contributed by atoms with Crippen LogP contribution >= 0.6 is 11.6 Å². The van der Waals surface area contributed by atoms with Gasteiger partial charge in [0.1, 0.15) is 5.54 Å². The smallest absolute Gasteiger partial charge is 0.325 e. The lowest BCUT2D eigenvalue weighted by Gasteiger charge is -2.22. The van der Waals surface area contributed by atoms with Crippen LogP contribution in [-0.4, -0.2) is 33.7 Å². The molecule has 2 heterocycles. The van der Waals surface area contributed by atoms with Gasteiger partial charge in [0.2, 0.25) is 0 Å². The molecule has 1 aliphatic rings. The molecule has 2 aromatic rings. The minimum atomic E-state index is -1.25. The summed E-state index contributed by atoms with van der Waals surface area (Å²) < 4.78 is 2.12. The van der Waals surface area contributed by atoms with Crippen molar-refractivity contribution in [1.29, 1.82) is 0 Å². The highest BCUT2D eigenvalue weighted by atomic mass is 35.5. The zero-order chi connectivity index (χ0) is 22.2. The van der Waals surface area contributed by atoms with E-state index in [0.717, 1.165) is 29.3 Å². The molecule has 0 spiro atoms. The van der Waals surface area contributed by atoms with Crippen LogP contribution in [0.3, 0.4) is 0 Å². The molecule has 1 aliphatic heterocycles. The molecule has 1 fully saturated rings. The summed E-state index contributed by atoms with van der Waals surface area (Å²) in [4.78, 5) is 39.7. The summed E-state index contributed by atoms with van der Waals surface area (Å²) in [6.07, 6.45) is 1.01. The third kappa shape index (κ3) is 4.01. The number of carbonyl (C=O) groups is 3. The highest BCUT2D eigenvalue weighted by Crippen LogP contribution is 2.30. The van der Waals surface area contributed by atoms with Gasteiger partial charge in [0.05, 0.1) is 6.54 Å². The number of nitrogens with one attached hydrogen (secondary N) is 1. The number of rotatable bonds is 7. The molecular formula is C23H28ClN3O3. The molecule has 0 saturated carbocycles. The number of nitrogens with zero attached hydrogens (tertiary/aromatic N) is 2. The van der Waals surface area contributed by atoms with Crippen LogP contribution in [0.15, 0.2) is 30.3 Å². The molecule has 0 radical (unpaired) electrons. The van der Waals surface area contributed by atoms with Crippen molar-refractivity contribution < 1.29 is 14.4 Å². The van der Waals surface area contributed by atoms with Crippen molar-refractivity contribution >= 4 is 29.3 Å². The van der Waals surface area contributed by atoms with E-state index in [1.165, 1.54) is 0 Å². The van der Waals surface area contributed by atoms with E-state index in [4.69, 9.17) is 11.6 Å². The van der Waals surface area contributed by atoms with Gasteiger partial charge in [-0.3, -0.25) is 14.5 Å². The number of hydrogen-bond donors (Lipinski definition) is 1. The molecular weight excluding hydrogens is 402 g/mol. The predicted molar refractivity (Wildman–Crippen MR) is 117 cm³/mol. The van der Waals surface area contributed by atoms with Crippen LogP contribution in [-0.2, 0) is 16.9 Å². The van der Waals surface area contributed by atoms with Gasteiger partial charge in [0, 0.05) is 28.5 Å². The van der Waals surface area contributed by atoms with Crippen molar-refractivity contribution in [3.05, 3.63) is 57.9 Å². The largest absolute Gasteiger partial charge is 0.348 e. The van der Waals surface area contributed by atoms with Gasteiger partial charge in [-0.05, 0) is 56.9 Å². The lowest BCUT2D eigenvalue weighted by molar-refractivity contribution is -0.130. The SMILES string of the molecule is Cc1cc(C(=O)CN2C(=O)NC(C)(c3cccc(Cl)c3)C2=O)c(C)n1CCC(C)C. The Morgan fingerprint density at radius 1 is 1.20 bits per heavy atom. The van der Waals surface area contributed by atoms with Crippen molar-refractivity contribution in [3.8, 4) is 0 Å². The Morgan fingerprint density at radius 3 is 2.53 bits per heavy atom. The number of amides is 3. The zero-order valence-electron chi connectivity index (χ0n) is 18.1. The molecule has 3 rings (SSSR count). The second-order valence-corrected chi connectivity index (χ2v) is 8.94. The van der Waals surface area contributed by atoms with E-state index in [2.05, 4.69) is 23.7 Å². The molecule has 0 bridgehead atoms. The Morgan fingerprint density at radius 2 is 1.90 bits per heavy atom. The fraction of sp³-hybridized carbons (Fsp3) is 0.435. The number of aryl methyl sites for hydroxylation is 1. The van der Waals surface area contributed by atoms with Gasteiger partial charge < -0.3 is 9.88 Å². The quantitative estimate of drug-likeness (QED) is 0.522. The molecule has 1 N–H and O–H groups in total. The first-order chi connectivity index (χ1) is 14.0. The monoisotopic (exact) mass is 429 g/mol. The van der Waals surface area contributed by atoms with Gasteiger partial charge in [-0.1, -0.05) is 37.6 Å². The summed E-state index contributed by atoms with van der Waals surface area (Å²) in [5.74, 6) is -0.157. The Balaban J connectivity index is 1.81. The van der Waals surface area contributed by atoms with E-state index in [9.17, 15) is 14.4 Å². The highest BCUT2D eigenvalue weighted by Gasteiger charge is 2.49. The van der Waals surface area contributed by atoms with Crippen molar-refractivity contribution in [2.45, 2.75) is 53.1 Å². The van der Waals surface area contributed by atoms with Gasteiger partial charge in [-0.25, -0.2) is 4.79 Å². The first-order valence-corrected chi connectivity index (χ1v) is 10.5.